The minimum Gasteiger partial charge on any atom is -0.477 e. The van der Waals surface area contributed by atoms with Crippen LogP contribution in [0.3, 0.4) is 0 Å². The monoisotopic (exact) mass is 339 g/mol. The molecule has 23 heavy (non-hydrogen) atoms. The molecule has 0 radical (unpaired) electrons. The number of ether oxygens (including phenoxy) is 1. The highest BCUT2D eigenvalue weighted by atomic mass is 19.4. The first-order valence-corrected chi connectivity index (χ1v) is 5.70. The van der Waals surface area contributed by atoms with Crippen LogP contribution in [0.2, 0.25) is 0 Å². The number of rotatable bonds is 5. The van der Waals surface area contributed by atoms with Gasteiger partial charge in [-0.2, -0.15) is 27.2 Å². The highest BCUT2D eigenvalue weighted by molar-refractivity contribution is 5.96. The van der Waals surface area contributed by atoms with Crippen molar-refractivity contribution in [3.63, 3.8) is 0 Å². The molecule has 0 aromatic heterocycles. The molecule has 0 aliphatic heterocycles. The second-order valence-corrected chi connectivity index (χ2v) is 4.11. The van der Waals surface area contributed by atoms with Crippen LogP contribution in [0, 0.1) is 11.3 Å². The van der Waals surface area contributed by atoms with E-state index >= 15 is 0 Å². The fourth-order valence-corrected chi connectivity index (χ4v) is 1.34. The number of carboxylic acid groups (broad SMARTS) is 1. The average molecular weight is 339 g/mol. The van der Waals surface area contributed by atoms with Gasteiger partial charge in [0.15, 0.2) is 0 Å². The number of hydrogen-bond acceptors (Lipinski definition) is 3. The molecule has 0 saturated heterocycles. The SMILES string of the molecule is N#C/C(=C\c1ccc(OC(F)(F)[C@H](F)C(F)(F)F)cc1)C(=O)O. The molecule has 4 nitrogen and oxygen atoms in total. The first kappa shape index (κ1) is 18.3. The Balaban J connectivity index is 2.94. The summed E-state index contributed by atoms with van der Waals surface area (Å²) in [6.07, 6.45) is -14.5. The van der Waals surface area contributed by atoms with Crippen LogP contribution < -0.4 is 4.74 Å². The molecule has 0 bridgehead atoms. The summed E-state index contributed by atoms with van der Waals surface area (Å²) in [7, 11) is 0. The lowest BCUT2D eigenvalue weighted by atomic mass is 10.1. The van der Waals surface area contributed by atoms with Gasteiger partial charge in [-0.1, -0.05) is 12.1 Å². The van der Waals surface area contributed by atoms with Crippen LogP contribution in [0.15, 0.2) is 29.8 Å². The van der Waals surface area contributed by atoms with E-state index in [4.69, 9.17) is 10.4 Å². The van der Waals surface area contributed by atoms with Crippen molar-refractivity contribution in [3.8, 4) is 11.8 Å². The Morgan fingerprint density at radius 2 is 1.74 bits per heavy atom. The molecule has 0 aliphatic rings. The summed E-state index contributed by atoms with van der Waals surface area (Å²) in [6.45, 7) is 0. The molecule has 1 atom stereocenters. The smallest absolute Gasteiger partial charge is 0.439 e. The van der Waals surface area contributed by atoms with Crippen molar-refractivity contribution in [2.75, 3.05) is 0 Å². The Hall–Kier alpha value is -2.70. The zero-order chi connectivity index (χ0) is 17.8. The lowest BCUT2D eigenvalue weighted by molar-refractivity contribution is -0.304. The largest absolute Gasteiger partial charge is 0.477 e. The van der Waals surface area contributed by atoms with E-state index < -0.39 is 35.7 Å². The van der Waals surface area contributed by atoms with E-state index in [2.05, 4.69) is 4.74 Å². The molecule has 0 aliphatic carbocycles. The highest BCUT2D eigenvalue weighted by Gasteiger charge is 2.59. The lowest BCUT2D eigenvalue weighted by Crippen LogP contribution is -2.45. The Morgan fingerprint density at radius 3 is 2.13 bits per heavy atom. The van der Waals surface area contributed by atoms with E-state index in [1.54, 1.807) is 0 Å². The standard InChI is InChI=1S/C13H7F6NO3/c14-11(12(15,16)17)13(18,19)23-9-3-1-7(2-4-9)5-8(6-20)10(21)22/h1-5,11H,(H,21,22)/b8-5+/t11-/m1/s1. The maximum absolute atomic E-state index is 13.0. The number of nitrogens with zero attached hydrogens (tertiary/aromatic N) is 1. The van der Waals surface area contributed by atoms with Gasteiger partial charge in [0.25, 0.3) is 6.17 Å². The molecule has 1 aromatic rings. The van der Waals surface area contributed by atoms with Crippen LogP contribution in [-0.4, -0.2) is 29.5 Å². The van der Waals surface area contributed by atoms with Gasteiger partial charge in [0.05, 0.1) is 0 Å². The number of aliphatic carboxylic acids is 1. The van der Waals surface area contributed by atoms with Crippen LogP contribution in [0.25, 0.3) is 6.08 Å². The molecule has 124 valence electrons. The molecular weight excluding hydrogens is 332 g/mol. The van der Waals surface area contributed by atoms with Crippen LogP contribution in [-0.2, 0) is 4.79 Å². The van der Waals surface area contributed by atoms with Crippen molar-refractivity contribution in [1.82, 2.24) is 0 Å². The van der Waals surface area contributed by atoms with Crippen LogP contribution in [0.5, 0.6) is 5.75 Å². The normalized spacial score (nSPS) is 14.0. The zero-order valence-electron chi connectivity index (χ0n) is 10.9. The van der Waals surface area contributed by atoms with Crippen LogP contribution in [0.4, 0.5) is 26.3 Å². The van der Waals surface area contributed by atoms with Gasteiger partial charge in [-0.05, 0) is 23.8 Å². The molecule has 1 N–H and O–H groups in total. The molecule has 10 heteroatoms. The van der Waals surface area contributed by atoms with E-state index in [0.29, 0.717) is 0 Å². The van der Waals surface area contributed by atoms with Gasteiger partial charge >= 0.3 is 18.3 Å². The summed E-state index contributed by atoms with van der Waals surface area (Å²) in [5, 5.41) is 17.1. The first-order chi connectivity index (χ1) is 10.5. The molecule has 1 aromatic carbocycles. The average Bonchev–Trinajstić information content (AvgIpc) is 2.44. The number of hydrogen-bond donors (Lipinski definition) is 1. The predicted molar refractivity (Wildman–Crippen MR) is 64.2 cm³/mol. The number of benzene rings is 1. The third-order valence-electron chi connectivity index (χ3n) is 2.38. The second kappa shape index (κ2) is 6.60. The Labute approximate surface area is 125 Å². The summed E-state index contributed by atoms with van der Waals surface area (Å²) >= 11 is 0. The van der Waals surface area contributed by atoms with Gasteiger partial charge in [-0.15, -0.1) is 0 Å². The quantitative estimate of drug-likeness (QED) is 0.506. The zero-order valence-corrected chi connectivity index (χ0v) is 10.9. The van der Waals surface area contributed by atoms with Gasteiger partial charge in [0.1, 0.15) is 17.4 Å². The maximum atomic E-state index is 13.0. The minimum absolute atomic E-state index is 0.0900. The lowest BCUT2D eigenvalue weighted by Gasteiger charge is -2.23. The third kappa shape index (κ3) is 4.91. The van der Waals surface area contributed by atoms with E-state index in [1.165, 1.54) is 6.07 Å². The van der Waals surface area contributed by atoms with Crippen LogP contribution >= 0.6 is 0 Å². The highest BCUT2D eigenvalue weighted by Crippen LogP contribution is 2.36. The summed E-state index contributed by atoms with van der Waals surface area (Å²) in [4.78, 5) is 10.6. The molecule has 0 amide bonds. The molecule has 0 spiro atoms. The maximum Gasteiger partial charge on any atom is 0.439 e. The van der Waals surface area contributed by atoms with Gasteiger partial charge < -0.3 is 9.84 Å². The Bertz CT molecular complexity index is 645. The van der Waals surface area contributed by atoms with Gasteiger partial charge in [-0.3, -0.25) is 0 Å². The second-order valence-electron chi connectivity index (χ2n) is 4.11. The number of halogens is 6. The fraction of sp³-hybridized carbons (Fsp3) is 0.231. The first-order valence-electron chi connectivity index (χ1n) is 5.70. The van der Waals surface area contributed by atoms with Gasteiger partial charge in [-0.25, -0.2) is 9.18 Å². The molecule has 0 fully saturated rings. The van der Waals surface area contributed by atoms with Crippen molar-refractivity contribution in [1.29, 1.82) is 5.26 Å². The van der Waals surface area contributed by atoms with Crippen molar-refractivity contribution >= 4 is 12.0 Å². The van der Waals surface area contributed by atoms with Gasteiger partial charge in [0.2, 0.25) is 0 Å². The molecule has 0 unspecified atom stereocenters. The van der Waals surface area contributed by atoms with E-state index in [9.17, 15) is 31.1 Å². The summed E-state index contributed by atoms with van der Waals surface area (Å²) in [6, 6.07) is 4.94. The van der Waals surface area contributed by atoms with Crippen molar-refractivity contribution in [2.24, 2.45) is 0 Å². The van der Waals surface area contributed by atoms with E-state index in [0.717, 1.165) is 30.3 Å². The summed E-state index contributed by atoms with van der Waals surface area (Å²) in [5.41, 5.74) is -0.558. The van der Waals surface area contributed by atoms with Crippen molar-refractivity contribution in [2.45, 2.75) is 18.5 Å². The molecule has 0 saturated carbocycles. The number of alkyl halides is 6. The van der Waals surface area contributed by atoms with Crippen LogP contribution in [0.1, 0.15) is 5.56 Å². The van der Waals surface area contributed by atoms with E-state index in [1.807, 2.05) is 0 Å². The molecule has 0 heterocycles. The molecule has 1 rings (SSSR count). The topological polar surface area (TPSA) is 70.3 Å². The van der Waals surface area contributed by atoms with E-state index in [-0.39, 0.29) is 5.56 Å². The van der Waals surface area contributed by atoms with Gasteiger partial charge in [0, 0.05) is 0 Å². The minimum atomic E-state index is -5.80. The predicted octanol–water partition coefficient (Wildman–Crippen LogP) is 3.55. The number of carbonyl (C=O) groups is 1. The number of nitriles is 1. The van der Waals surface area contributed by atoms with Crippen molar-refractivity contribution in [3.05, 3.63) is 35.4 Å². The Morgan fingerprint density at radius 1 is 1.22 bits per heavy atom. The third-order valence-corrected chi connectivity index (χ3v) is 2.38. The Kier molecular flexibility index (Phi) is 5.26. The summed E-state index contributed by atoms with van der Waals surface area (Å²) in [5.74, 6) is -2.29. The molecular formula is C13H7F6NO3. The number of carboxylic acids is 1. The summed E-state index contributed by atoms with van der Waals surface area (Å²) < 4.78 is 78.2. The van der Waals surface area contributed by atoms with Crippen molar-refractivity contribution < 1.29 is 41.0 Å². The fourth-order valence-electron chi connectivity index (χ4n) is 1.34.